The number of ether oxygens (including phenoxy) is 2. The molecule has 3 aromatic carbocycles. The van der Waals surface area contributed by atoms with Gasteiger partial charge in [-0.25, -0.2) is 0 Å². The third kappa shape index (κ3) is 4.14. The highest BCUT2D eigenvalue weighted by Gasteiger charge is 2.15. The van der Waals surface area contributed by atoms with Crippen molar-refractivity contribution in [1.82, 2.24) is 5.32 Å². The van der Waals surface area contributed by atoms with Gasteiger partial charge in [0, 0.05) is 28.1 Å². The van der Waals surface area contributed by atoms with Crippen LogP contribution in [0, 0.1) is 0 Å². The van der Waals surface area contributed by atoms with Crippen LogP contribution in [0.3, 0.4) is 0 Å². The lowest BCUT2D eigenvalue weighted by atomic mass is 10.0. The van der Waals surface area contributed by atoms with Crippen molar-refractivity contribution in [1.29, 1.82) is 0 Å². The highest BCUT2D eigenvalue weighted by atomic mass is 35.5. The van der Waals surface area contributed by atoms with Crippen LogP contribution >= 0.6 is 35.4 Å². The van der Waals surface area contributed by atoms with Crippen molar-refractivity contribution in [3.8, 4) is 11.5 Å². The van der Waals surface area contributed by atoms with Gasteiger partial charge in [-0.3, -0.25) is 10.1 Å². The predicted octanol–water partition coefficient (Wildman–Crippen LogP) is 5.29. The number of rotatable bonds is 4. The van der Waals surface area contributed by atoms with Gasteiger partial charge in [0.05, 0.1) is 24.9 Å². The van der Waals surface area contributed by atoms with E-state index in [0.29, 0.717) is 32.8 Å². The molecular formula is C20H16Cl2N2O3S. The average molecular weight is 435 g/mol. The van der Waals surface area contributed by atoms with Crippen LogP contribution in [0.2, 0.25) is 10.0 Å². The summed E-state index contributed by atoms with van der Waals surface area (Å²) in [4.78, 5) is 12.7. The molecule has 8 heteroatoms. The van der Waals surface area contributed by atoms with Gasteiger partial charge in [-0.2, -0.15) is 0 Å². The summed E-state index contributed by atoms with van der Waals surface area (Å²) >= 11 is 17.6. The predicted molar refractivity (Wildman–Crippen MR) is 117 cm³/mol. The number of carbonyl (C=O) groups is 1. The van der Waals surface area contributed by atoms with Crippen molar-refractivity contribution in [3.63, 3.8) is 0 Å². The number of anilines is 1. The van der Waals surface area contributed by atoms with E-state index in [1.807, 2.05) is 12.1 Å². The summed E-state index contributed by atoms with van der Waals surface area (Å²) in [5, 5.41) is 8.20. The number of carbonyl (C=O) groups excluding carboxylic acids is 1. The van der Waals surface area contributed by atoms with E-state index in [-0.39, 0.29) is 11.0 Å². The van der Waals surface area contributed by atoms with Crippen molar-refractivity contribution >= 4 is 62.9 Å². The zero-order chi connectivity index (χ0) is 20.3. The van der Waals surface area contributed by atoms with Gasteiger partial charge >= 0.3 is 0 Å². The molecule has 0 aliphatic carbocycles. The second-order valence-corrected chi connectivity index (χ2v) is 6.96. The maximum absolute atomic E-state index is 12.7. The third-order valence-electron chi connectivity index (χ3n) is 4.06. The second-order valence-electron chi connectivity index (χ2n) is 5.74. The fraction of sp³-hybridized carbons (Fsp3) is 0.100. The lowest BCUT2D eigenvalue weighted by Gasteiger charge is -2.15. The fourth-order valence-corrected chi connectivity index (χ4v) is 3.42. The molecule has 0 aromatic heterocycles. The van der Waals surface area contributed by atoms with Gasteiger partial charge in [0.15, 0.2) is 5.11 Å². The molecule has 0 atom stereocenters. The van der Waals surface area contributed by atoms with Gasteiger partial charge in [0.1, 0.15) is 11.5 Å². The largest absolute Gasteiger partial charge is 0.495 e. The number of hydrogen-bond donors (Lipinski definition) is 2. The van der Waals surface area contributed by atoms with E-state index < -0.39 is 0 Å². The first kappa shape index (κ1) is 20.2. The Morgan fingerprint density at radius 1 is 0.929 bits per heavy atom. The van der Waals surface area contributed by atoms with E-state index in [9.17, 15) is 4.79 Å². The SMILES string of the molecule is COc1cc(NC(=S)NC(=O)c2cccc3c(Cl)cccc23)c(OC)cc1Cl. The Hall–Kier alpha value is -2.54. The molecule has 0 bridgehead atoms. The van der Waals surface area contributed by atoms with Crippen LogP contribution in [-0.4, -0.2) is 25.2 Å². The topological polar surface area (TPSA) is 59.6 Å². The summed E-state index contributed by atoms with van der Waals surface area (Å²) in [5.74, 6) is 0.549. The van der Waals surface area contributed by atoms with Crippen molar-refractivity contribution in [2.45, 2.75) is 0 Å². The van der Waals surface area contributed by atoms with Crippen LogP contribution in [0.4, 0.5) is 5.69 Å². The van der Waals surface area contributed by atoms with Crippen LogP contribution in [-0.2, 0) is 0 Å². The molecule has 0 saturated heterocycles. The summed E-state index contributed by atoms with van der Waals surface area (Å²) in [6.07, 6.45) is 0. The van der Waals surface area contributed by atoms with Gasteiger partial charge < -0.3 is 14.8 Å². The van der Waals surface area contributed by atoms with Crippen LogP contribution < -0.4 is 20.1 Å². The number of halogens is 2. The van der Waals surface area contributed by atoms with Crippen molar-refractivity contribution in [2.24, 2.45) is 0 Å². The average Bonchev–Trinajstić information content (AvgIpc) is 2.68. The Labute approximate surface area is 177 Å². The van der Waals surface area contributed by atoms with E-state index in [1.165, 1.54) is 14.2 Å². The Bertz CT molecular complexity index is 1070. The first-order valence-corrected chi connectivity index (χ1v) is 9.32. The minimum atomic E-state index is -0.356. The molecule has 0 radical (unpaired) electrons. The normalized spacial score (nSPS) is 10.4. The number of benzene rings is 3. The number of fused-ring (bicyclic) bond motifs is 1. The lowest BCUT2D eigenvalue weighted by Crippen LogP contribution is -2.34. The first-order chi connectivity index (χ1) is 13.4. The van der Waals surface area contributed by atoms with Crippen molar-refractivity contribution in [3.05, 3.63) is 64.1 Å². The first-order valence-electron chi connectivity index (χ1n) is 8.15. The summed E-state index contributed by atoms with van der Waals surface area (Å²) in [6.45, 7) is 0. The highest BCUT2D eigenvalue weighted by Crippen LogP contribution is 2.35. The van der Waals surface area contributed by atoms with Gasteiger partial charge in [-0.1, -0.05) is 47.5 Å². The smallest absolute Gasteiger partial charge is 0.258 e. The molecule has 5 nitrogen and oxygen atoms in total. The molecule has 144 valence electrons. The molecule has 3 rings (SSSR count). The quantitative estimate of drug-likeness (QED) is 0.546. The van der Waals surface area contributed by atoms with E-state index in [1.54, 1.807) is 36.4 Å². The van der Waals surface area contributed by atoms with Crippen LogP contribution in [0.5, 0.6) is 11.5 Å². The molecule has 0 heterocycles. The summed E-state index contributed by atoms with van der Waals surface area (Å²) in [7, 11) is 3.01. The Balaban J connectivity index is 1.83. The van der Waals surface area contributed by atoms with Crippen LogP contribution in [0.15, 0.2) is 48.5 Å². The van der Waals surface area contributed by atoms with Crippen LogP contribution in [0.25, 0.3) is 10.8 Å². The van der Waals surface area contributed by atoms with E-state index >= 15 is 0 Å². The molecule has 0 aliphatic rings. The molecule has 0 unspecified atom stereocenters. The maximum Gasteiger partial charge on any atom is 0.258 e. The number of amides is 1. The minimum absolute atomic E-state index is 0.103. The Morgan fingerprint density at radius 2 is 1.61 bits per heavy atom. The minimum Gasteiger partial charge on any atom is -0.495 e. The molecule has 28 heavy (non-hydrogen) atoms. The number of hydrogen-bond acceptors (Lipinski definition) is 4. The molecule has 0 saturated carbocycles. The second kappa shape index (κ2) is 8.65. The van der Waals surface area contributed by atoms with Crippen molar-refractivity contribution < 1.29 is 14.3 Å². The zero-order valence-corrected chi connectivity index (χ0v) is 17.3. The number of nitrogens with one attached hydrogen (secondary N) is 2. The standard InChI is InChI=1S/C20H16Cl2N2O3S/c1-26-17-10-16(18(27-2)9-15(17)22)23-20(28)24-19(25)13-7-3-6-12-11(13)5-4-8-14(12)21/h3-10H,1-2H3,(H2,23,24,25,28). The Morgan fingerprint density at radius 3 is 2.32 bits per heavy atom. The molecule has 0 spiro atoms. The Kier molecular flexibility index (Phi) is 6.24. The molecule has 2 N–H and O–H groups in total. The number of thiocarbonyl (C=S) groups is 1. The maximum atomic E-state index is 12.7. The third-order valence-corrected chi connectivity index (χ3v) is 4.89. The summed E-state index contributed by atoms with van der Waals surface area (Å²) < 4.78 is 10.5. The molecule has 1 amide bonds. The van der Waals surface area contributed by atoms with Gasteiger partial charge in [-0.05, 0) is 29.7 Å². The monoisotopic (exact) mass is 434 g/mol. The lowest BCUT2D eigenvalue weighted by molar-refractivity contribution is 0.0979. The molecular weight excluding hydrogens is 419 g/mol. The van der Waals surface area contributed by atoms with Gasteiger partial charge in [0.2, 0.25) is 0 Å². The van der Waals surface area contributed by atoms with Gasteiger partial charge in [-0.15, -0.1) is 0 Å². The summed E-state index contributed by atoms with van der Waals surface area (Å²) in [5.41, 5.74) is 0.972. The van der Waals surface area contributed by atoms with E-state index in [4.69, 9.17) is 44.9 Å². The molecule has 0 aliphatic heterocycles. The van der Waals surface area contributed by atoms with Gasteiger partial charge in [0.25, 0.3) is 5.91 Å². The summed E-state index contributed by atoms with van der Waals surface area (Å²) in [6, 6.07) is 14.0. The molecule has 0 fully saturated rings. The van der Waals surface area contributed by atoms with Crippen LogP contribution in [0.1, 0.15) is 10.4 Å². The highest BCUT2D eigenvalue weighted by molar-refractivity contribution is 7.80. The van der Waals surface area contributed by atoms with E-state index in [2.05, 4.69) is 10.6 Å². The van der Waals surface area contributed by atoms with Crippen molar-refractivity contribution in [2.75, 3.05) is 19.5 Å². The number of methoxy groups -OCH3 is 2. The molecule has 3 aromatic rings. The zero-order valence-electron chi connectivity index (χ0n) is 15.0. The fourth-order valence-electron chi connectivity index (χ4n) is 2.75. The van der Waals surface area contributed by atoms with E-state index in [0.717, 1.165) is 10.8 Å².